The van der Waals surface area contributed by atoms with Crippen LogP contribution in [0.25, 0.3) is 0 Å². The molecule has 1 fully saturated rings. The SMILES string of the molecule is CCNCc1cc(C)c(Br)c(S(=O)(=O)NCC2(C)CC2)c1. The van der Waals surface area contributed by atoms with Gasteiger partial charge in [-0.15, -0.1) is 0 Å². The van der Waals surface area contributed by atoms with Crippen LogP contribution in [0.5, 0.6) is 0 Å². The van der Waals surface area contributed by atoms with Gasteiger partial charge in [0.1, 0.15) is 0 Å². The average molecular weight is 375 g/mol. The Morgan fingerprint density at radius 3 is 2.57 bits per heavy atom. The van der Waals surface area contributed by atoms with E-state index in [0.29, 0.717) is 22.5 Å². The summed E-state index contributed by atoms with van der Waals surface area (Å²) >= 11 is 3.41. The number of rotatable bonds is 7. The molecule has 0 aromatic heterocycles. The number of hydrogen-bond donors (Lipinski definition) is 2. The molecule has 1 saturated carbocycles. The van der Waals surface area contributed by atoms with Crippen LogP contribution >= 0.6 is 15.9 Å². The molecule has 0 spiro atoms. The molecule has 1 aliphatic carbocycles. The minimum absolute atomic E-state index is 0.149. The predicted octanol–water partition coefficient (Wildman–Crippen LogP) is 2.95. The Labute approximate surface area is 135 Å². The third-order valence-corrected chi connectivity index (χ3v) is 6.68. The molecule has 0 bridgehead atoms. The number of benzene rings is 1. The summed E-state index contributed by atoms with van der Waals surface area (Å²) < 4.78 is 28.5. The second kappa shape index (κ2) is 6.36. The van der Waals surface area contributed by atoms with Gasteiger partial charge in [-0.05, 0) is 64.8 Å². The minimum atomic E-state index is -3.48. The lowest BCUT2D eigenvalue weighted by molar-refractivity contribution is 0.530. The van der Waals surface area contributed by atoms with Crippen LogP contribution in [-0.2, 0) is 16.6 Å². The van der Waals surface area contributed by atoms with Crippen molar-refractivity contribution in [3.05, 3.63) is 27.7 Å². The molecule has 0 amide bonds. The summed E-state index contributed by atoms with van der Waals surface area (Å²) in [6.45, 7) is 8.09. The third kappa shape index (κ3) is 4.28. The second-order valence-corrected chi connectivity index (χ2v) is 8.67. The van der Waals surface area contributed by atoms with Crippen LogP contribution in [0.4, 0.5) is 0 Å². The lowest BCUT2D eigenvalue weighted by Crippen LogP contribution is -2.29. The van der Waals surface area contributed by atoms with Crippen LogP contribution < -0.4 is 10.0 Å². The lowest BCUT2D eigenvalue weighted by atomic mass is 10.1. The molecule has 4 nitrogen and oxygen atoms in total. The van der Waals surface area contributed by atoms with E-state index in [1.165, 1.54) is 0 Å². The van der Waals surface area contributed by atoms with E-state index in [4.69, 9.17) is 0 Å². The molecule has 21 heavy (non-hydrogen) atoms. The zero-order chi connectivity index (χ0) is 15.7. The molecule has 118 valence electrons. The Bertz CT molecular complexity index is 625. The molecule has 2 N–H and O–H groups in total. The summed E-state index contributed by atoms with van der Waals surface area (Å²) in [4.78, 5) is 0.333. The van der Waals surface area contributed by atoms with Gasteiger partial charge in [0, 0.05) is 17.6 Å². The topological polar surface area (TPSA) is 58.2 Å². The lowest BCUT2D eigenvalue weighted by Gasteiger charge is -2.15. The predicted molar refractivity (Wildman–Crippen MR) is 88.8 cm³/mol. The summed E-state index contributed by atoms with van der Waals surface area (Å²) in [6, 6.07) is 3.76. The van der Waals surface area contributed by atoms with Gasteiger partial charge in [0.2, 0.25) is 10.0 Å². The molecular formula is C15H23BrN2O2S. The number of aryl methyl sites for hydroxylation is 1. The smallest absolute Gasteiger partial charge is 0.241 e. The van der Waals surface area contributed by atoms with E-state index in [9.17, 15) is 8.42 Å². The van der Waals surface area contributed by atoms with E-state index in [1.807, 2.05) is 19.9 Å². The molecule has 0 saturated heterocycles. The summed E-state index contributed by atoms with van der Waals surface area (Å²) in [7, 11) is -3.48. The maximum Gasteiger partial charge on any atom is 0.241 e. The van der Waals surface area contributed by atoms with Crippen molar-refractivity contribution < 1.29 is 8.42 Å². The fraction of sp³-hybridized carbons (Fsp3) is 0.600. The van der Waals surface area contributed by atoms with Crippen LogP contribution in [0.15, 0.2) is 21.5 Å². The first kappa shape index (κ1) is 16.9. The number of hydrogen-bond acceptors (Lipinski definition) is 3. The van der Waals surface area contributed by atoms with E-state index in [2.05, 4.69) is 32.9 Å². The summed E-state index contributed by atoms with van der Waals surface area (Å²) in [5, 5.41) is 3.23. The van der Waals surface area contributed by atoms with Crippen LogP contribution in [0.1, 0.15) is 37.8 Å². The Kier molecular flexibility index (Phi) is 5.13. The highest BCUT2D eigenvalue weighted by Crippen LogP contribution is 2.44. The van der Waals surface area contributed by atoms with E-state index >= 15 is 0 Å². The molecular weight excluding hydrogens is 352 g/mol. The van der Waals surface area contributed by atoms with E-state index < -0.39 is 10.0 Å². The van der Waals surface area contributed by atoms with Gasteiger partial charge in [0.05, 0.1) is 4.90 Å². The Morgan fingerprint density at radius 1 is 1.33 bits per heavy atom. The van der Waals surface area contributed by atoms with E-state index in [-0.39, 0.29) is 5.41 Å². The van der Waals surface area contributed by atoms with Gasteiger partial charge < -0.3 is 5.32 Å². The Hall–Kier alpha value is -0.430. The van der Waals surface area contributed by atoms with Crippen molar-refractivity contribution in [2.75, 3.05) is 13.1 Å². The van der Waals surface area contributed by atoms with E-state index in [0.717, 1.165) is 30.5 Å². The Morgan fingerprint density at radius 2 is 2.00 bits per heavy atom. The van der Waals surface area contributed by atoms with Gasteiger partial charge in [-0.25, -0.2) is 13.1 Å². The highest BCUT2D eigenvalue weighted by Gasteiger charge is 2.38. The fourth-order valence-corrected chi connectivity index (χ4v) is 4.38. The average Bonchev–Trinajstić information content (AvgIpc) is 3.16. The zero-order valence-electron chi connectivity index (χ0n) is 12.8. The zero-order valence-corrected chi connectivity index (χ0v) is 15.2. The largest absolute Gasteiger partial charge is 0.313 e. The number of sulfonamides is 1. The van der Waals surface area contributed by atoms with Gasteiger partial charge in [-0.1, -0.05) is 19.9 Å². The molecule has 0 atom stereocenters. The van der Waals surface area contributed by atoms with Crippen molar-refractivity contribution in [2.45, 2.75) is 45.1 Å². The molecule has 0 radical (unpaired) electrons. The molecule has 1 aliphatic rings. The number of halogens is 1. The first-order valence-electron chi connectivity index (χ1n) is 7.27. The third-order valence-electron chi connectivity index (χ3n) is 3.94. The summed E-state index contributed by atoms with van der Waals surface area (Å²) in [5.41, 5.74) is 2.06. The number of nitrogens with one attached hydrogen (secondary N) is 2. The van der Waals surface area contributed by atoms with Gasteiger partial charge in [0.15, 0.2) is 0 Å². The first-order valence-corrected chi connectivity index (χ1v) is 9.54. The van der Waals surface area contributed by atoms with Crippen LogP contribution in [0.2, 0.25) is 0 Å². The molecule has 2 rings (SSSR count). The molecule has 6 heteroatoms. The summed E-state index contributed by atoms with van der Waals surface area (Å²) in [6.07, 6.45) is 2.19. The van der Waals surface area contributed by atoms with Gasteiger partial charge in [-0.3, -0.25) is 0 Å². The molecule has 0 unspecified atom stereocenters. The van der Waals surface area contributed by atoms with Crippen molar-refractivity contribution >= 4 is 26.0 Å². The van der Waals surface area contributed by atoms with Crippen molar-refractivity contribution in [3.63, 3.8) is 0 Å². The van der Waals surface area contributed by atoms with Crippen molar-refractivity contribution in [3.8, 4) is 0 Å². The van der Waals surface area contributed by atoms with Gasteiger partial charge in [0.25, 0.3) is 0 Å². The normalized spacial score (nSPS) is 17.0. The van der Waals surface area contributed by atoms with Crippen LogP contribution in [0.3, 0.4) is 0 Å². The van der Waals surface area contributed by atoms with E-state index in [1.54, 1.807) is 6.07 Å². The maximum atomic E-state index is 12.5. The summed E-state index contributed by atoms with van der Waals surface area (Å²) in [5.74, 6) is 0. The molecule has 1 aromatic rings. The maximum absolute atomic E-state index is 12.5. The second-order valence-electron chi connectivity index (χ2n) is 6.14. The molecule has 0 aliphatic heterocycles. The van der Waals surface area contributed by atoms with Crippen molar-refractivity contribution in [1.82, 2.24) is 10.0 Å². The highest BCUT2D eigenvalue weighted by molar-refractivity contribution is 9.10. The quantitative estimate of drug-likeness (QED) is 0.771. The Balaban J connectivity index is 2.25. The first-order chi connectivity index (χ1) is 9.77. The van der Waals surface area contributed by atoms with Crippen molar-refractivity contribution in [2.24, 2.45) is 5.41 Å². The standard InChI is InChI=1S/C15H23BrN2O2S/c1-4-17-9-12-7-11(2)14(16)13(8-12)21(19,20)18-10-15(3)5-6-15/h7-8,17-18H,4-6,9-10H2,1-3H3. The van der Waals surface area contributed by atoms with Crippen LogP contribution in [0, 0.1) is 12.3 Å². The van der Waals surface area contributed by atoms with Crippen LogP contribution in [-0.4, -0.2) is 21.5 Å². The highest BCUT2D eigenvalue weighted by atomic mass is 79.9. The molecule has 1 aromatic carbocycles. The van der Waals surface area contributed by atoms with Crippen molar-refractivity contribution in [1.29, 1.82) is 0 Å². The minimum Gasteiger partial charge on any atom is -0.313 e. The van der Waals surface area contributed by atoms with Gasteiger partial charge in [-0.2, -0.15) is 0 Å². The van der Waals surface area contributed by atoms with Gasteiger partial charge >= 0.3 is 0 Å². The fourth-order valence-electron chi connectivity index (χ4n) is 2.11. The molecule has 0 heterocycles. The monoisotopic (exact) mass is 374 g/mol.